The molecule has 2 aromatic carbocycles. The van der Waals surface area contributed by atoms with Crippen LogP contribution in [-0.4, -0.2) is 9.66 Å². The van der Waals surface area contributed by atoms with Gasteiger partial charge < -0.3 is 5.73 Å². The molecule has 0 fully saturated rings. The number of anilines is 1. The summed E-state index contributed by atoms with van der Waals surface area (Å²) in [7, 11) is 0. The van der Waals surface area contributed by atoms with E-state index < -0.39 is 0 Å². The number of para-hydroxylation sites is 2. The van der Waals surface area contributed by atoms with Gasteiger partial charge in [-0.1, -0.05) is 30.3 Å². The van der Waals surface area contributed by atoms with Gasteiger partial charge in [0.15, 0.2) is 0 Å². The summed E-state index contributed by atoms with van der Waals surface area (Å²) in [5.41, 5.74) is 10.3. The zero-order chi connectivity index (χ0) is 14.8. The Bertz CT molecular complexity index is 825. The Labute approximate surface area is 122 Å². The highest BCUT2D eigenvalue weighted by Crippen LogP contribution is 2.13. The smallest absolute Gasteiger partial charge is 0.280 e. The molecule has 0 aliphatic carbocycles. The number of nitrogens with two attached hydrogens (primary N) is 1. The van der Waals surface area contributed by atoms with Crippen molar-refractivity contribution in [3.05, 3.63) is 70.8 Å². The summed E-state index contributed by atoms with van der Waals surface area (Å²) in [6.45, 7) is 1.81. The molecule has 0 saturated heterocycles. The first-order valence-corrected chi connectivity index (χ1v) is 6.76. The van der Waals surface area contributed by atoms with Gasteiger partial charge in [-0.2, -0.15) is 0 Å². The molecule has 21 heavy (non-hydrogen) atoms. The third-order valence-corrected chi connectivity index (χ3v) is 3.22. The molecule has 1 aromatic heterocycles. The van der Waals surface area contributed by atoms with E-state index in [-0.39, 0.29) is 11.6 Å². The largest absolute Gasteiger partial charge is 0.322 e. The molecule has 0 aliphatic rings. The Morgan fingerprint density at radius 2 is 1.76 bits per heavy atom. The topological polar surface area (TPSA) is 72.9 Å². The van der Waals surface area contributed by atoms with E-state index in [1.807, 2.05) is 48.5 Å². The zero-order valence-electron chi connectivity index (χ0n) is 11.7. The van der Waals surface area contributed by atoms with Crippen molar-refractivity contribution in [2.45, 2.75) is 13.0 Å². The van der Waals surface area contributed by atoms with Gasteiger partial charge in [0, 0.05) is 0 Å². The molecule has 5 nitrogen and oxygen atoms in total. The zero-order valence-corrected chi connectivity index (χ0v) is 11.7. The van der Waals surface area contributed by atoms with Crippen LogP contribution in [0.25, 0.3) is 10.9 Å². The molecule has 0 bridgehead atoms. The molecule has 0 saturated carbocycles. The van der Waals surface area contributed by atoms with Crippen LogP contribution < -0.4 is 16.7 Å². The monoisotopic (exact) mass is 280 g/mol. The molecule has 0 radical (unpaired) electrons. The second kappa shape index (κ2) is 5.38. The molecule has 3 N–H and O–H groups in total. The minimum Gasteiger partial charge on any atom is -0.322 e. The van der Waals surface area contributed by atoms with E-state index in [9.17, 15) is 4.79 Å². The molecule has 5 heteroatoms. The van der Waals surface area contributed by atoms with Crippen LogP contribution in [0.4, 0.5) is 5.69 Å². The van der Waals surface area contributed by atoms with Gasteiger partial charge in [-0.05, 0) is 31.2 Å². The normalized spacial score (nSPS) is 12.3. The Kier molecular flexibility index (Phi) is 3.41. The van der Waals surface area contributed by atoms with Gasteiger partial charge in [-0.25, -0.2) is 9.66 Å². The molecule has 3 aromatic rings. The lowest BCUT2D eigenvalue weighted by molar-refractivity contribution is 0.671. The number of nitrogens with zero attached hydrogens (tertiary/aromatic N) is 2. The van der Waals surface area contributed by atoms with Gasteiger partial charge >= 0.3 is 0 Å². The Balaban J connectivity index is 2.22. The maximum Gasteiger partial charge on any atom is 0.280 e. The first-order chi connectivity index (χ1) is 10.2. The lowest BCUT2D eigenvalue weighted by Gasteiger charge is -2.17. The molecule has 0 aliphatic heterocycles. The second-order valence-electron chi connectivity index (χ2n) is 4.89. The number of nitrogens with one attached hydrogen (secondary N) is 1. The maximum atomic E-state index is 12.7. The molecule has 0 spiro atoms. The van der Waals surface area contributed by atoms with Crippen molar-refractivity contribution in [3.8, 4) is 0 Å². The number of hydrogen-bond donors (Lipinski definition) is 2. The van der Waals surface area contributed by atoms with Crippen LogP contribution in [-0.2, 0) is 0 Å². The summed E-state index contributed by atoms with van der Waals surface area (Å²) >= 11 is 0. The fraction of sp³-hybridized carbons (Fsp3) is 0.125. The van der Waals surface area contributed by atoms with E-state index in [0.717, 1.165) is 5.69 Å². The quantitative estimate of drug-likeness (QED) is 0.772. The van der Waals surface area contributed by atoms with E-state index in [0.29, 0.717) is 16.7 Å². The van der Waals surface area contributed by atoms with Gasteiger partial charge in [0.2, 0.25) is 0 Å². The number of hydrogen-bond acceptors (Lipinski definition) is 4. The van der Waals surface area contributed by atoms with Crippen LogP contribution in [0.5, 0.6) is 0 Å². The van der Waals surface area contributed by atoms with E-state index in [2.05, 4.69) is 10.4 Å². The standard InChI is InChI=1S/C16H16N4O/c1-11(17)15-18-14-10-6-5-9-13(14)16(21)20(15)19-12-7-3-2-4-8-12/h2-11,19H,17H2,1H3. The van der Waals surface area contributed by atoms with Gasteiger partial charge in [0.1, 0.15) is 5.82 Å². The third kappa shape index (κ3) is 2.51. The first kappa shape index (κ1) is 13.3. The second-order valence-corrected chi connectivity index (χ2v) is 4.89. The van der Waals surface area contributed by atoms with E-state index in [1.165, 1.54) is 4.68 Å². The Hall–Kier alpha value is -2.66. The summed E-state index contributed by atoms with van der Waals surface area (Å²) < 4.78 is 1.42. The van der Waals surface area contributed by atoms with Crippen molar-refractivity contribution in [1.29, 1.82) is 0 Å². The van der Waals surface area contributed by atoms with Crippen molar-refractivity contribution in [2.24, 2.45) is 5.73 Å². The van der Waals surface area contributed by atoms with Crippen molar-refractivity contribution in [3.63, 3.8) is 0 Å². The lowest BCUT2D eigenvalue weighted by atomic mass is 10.2. The van der Waals surface area contributed by atoms with Gasteiger partial charge in [-0.15, -0.1) is 0 Å². The minimum atomic E-state index is -0.362. The number of aromatic nitrogens is 2. The predicted molar refractivity (Wildman–Crippen MR) is 84.1 cm³/mol. The van der Waals surface area contributed by atoms with Crippen LogP contribution in [0.15, 0.2) is 59.4 Å². The number of fused-ring (bicyclic) bond motifs is 1. The molecule has 1 heterocycles. The molecule has 0 amide bonds. The highest BCUT2D eigenvalue weighted by atomic mass is 16.1. The molecule has 1 unspecified atom stereocenters. The molecule has 1 atom stereocenters. The molecular weight excluding hydrogens is 264 g/mol. The number of benzene rings is 2. The Morgan fingerprint density at radius 1 is 1.10 bits per heavy atom. The number of rotatable bonds is 3. The van der Waals surface area contributed by atoms with Gasteiger partial charge in [-0.3, -0.25) is 10.2 Å². The van der Waals surface area contributed by atoms with Crippen molar-refractivity contribution in [1.82, 2.24) is 9.66 Å². The lowest BCUT2D eigenvalue weighted by Crippen LogP contribution is -2.33. The average molecular weight is 280 g/mol. The third-order valence-electron chi connectivity index (χ3n) is 3.22. The summed E-state index contributed by atoms with van der Waals surface area (Å²) in [5.74, 6) is 0.502. The van der Waals surface area contributed by atoms with E-state index >= 15 is 0 Å². The van der Waals surface area contributed by atoms with Crippen molar-refractivity contribution >= 4 is 16.6 Å². The van der Waals surface area contributed by atoms with Crippen molar-refractivity contribution < 1.29 is 0 Å². The van der Waals surface area contributed by atoms with Crippen LogP contribution in [0.3, 0.4) is 0 Å². The van der Waals surface area contributed by atoms with Crippen molar-refractivity contribution in [2.75, 3.05) is 5.43 Å². The predicted octanol–water partition coefficient (Wildman–Crippen LogP) is 2.29. The van der Waals surface area contributed by atoms with Gasteiger partial charge in [0.05, 0.1) is 22.6 Å². The average Bonchev–Trinajstić information content (AvgIpc) is 2.51. The van der Waals surface area contributed by atoms with Crippen LogP contribution >= 0.6 is 0 Å². The summed E-state index contributed by atoms with van der Waals surface area (Å²) in [5, 5.41) is 0.560. The molecule has 106 valence electrons. The highest BCUT2D eigenvalue weighted by Gasteiger charge is 2.13. The summed E-state index contributed by atoms with van der Waals surface area (Å²) in [6, 6.07) is 16.4. The SMILES string of the molecule is CC(N)c1nc2ccccc2c(=O)n1Nc1ccccc1. The highest BCUT2D eigenvalue weighted by molar-refractivity contribution is 5.77. The maximum absolute atomic E-state index is 12.7. The van der Waals surface area contributed by atoms with Crippen LogP contribution in [0.1, 0.15) is 18.8 Å². The molecule has 3 rings (SSSR count). The Morgan fingerprint density at radius 3 is 2.48 bits per heavy atom. The minimum absolute atomic E-state index is 0.156. The first-order valence-electron chi connectivity index (χ1n) is 6.76. The van der Waals surface area contributed by atoms with E-state index in [1.54, 1.807) is 13.0 Å². The fourth-order valence-corrected chi connectivity index (χ4v) is 2.21. The summed E-state index contributed by atoms with van der Waals surface area (Å²) in [6.07, 6.45) is 0. The molecular formula is C16H16N4O. The summed E-state index contributed by atoms with van der Waals surface area (Å²) in [4.78, 5) is 17.2. The van der Waals surface area contributed by atoms with Crippen LogP contribution in [0.2, 0.25) is 0 Å². The van der Waals surface area contributed by atoms with E-state index in [4.69, 9.17) is 5.73 Å². The van der Waals surface area contributed by atoms with Crippen LogP contribution in [0, 0.1) is 0 Å². The fourth-order valence-electron chi connectivity index (χ4n) is 2.21. The van der Waals surface area contributed by atoms with Gasteiger partial charge in [0.25, 0.3) is 5.56 Å².